The van der Waals surface area contributed by atoms with E-state index in [1.165, 1.54) is 6.07 Å². The predicted octanol–water partition coefficient (Wildman–Crippen LogP) is 3.42. The zero-order valence-electron chi connectivity index (χ0n) is 8.06. The van der Waals surface area contributed by atoms with Crippen LogP contribution in [0.3, 0.4) is 0 Å². The van der Waals surface area contributed by atoms with E-state index < -0.39 is 0 Å². The second-order valence-electron chi connectivity index (χ2n) is 3.04. The van der Waals surface area contributed by atoms with Gasteiger partial charge in [0.1, 0.15) is 5.82 Å². The van der Waals surface area contributed by atoms with E-state index in [4.69, 9.17) is 0 Å². The third-order valence-electron chi connectivity index (χ3n) is 2.10. The second-order valence-corrected chi connectivity index (χ2v) is 3.89. The Bertz CT molecular complexity index is 325. The zero-order valence-corrected chi connectivity index (χ0v) is 9.64. The molecule has 3 heteroatoms. The Labute approximate surface area is 92.1 Å². The van der Waals surface area contributed by atoms with E-state index in [1.807, 2.05) is 13.1 Å². The number of nitrogens with one attached hydrogen (secondary N) is 1. The van der Waals surface area contributed by atoms with E-state index in [-0.39, 0.29) is 11.9 Å². The minimum Gasteiger partial charge on any atom is -0.313 e. The van der Waals surface area contributed by atoms with E-state index in [2.05, 4.69) is 27.8 Å². The number of hydrogen-bond acceptors (Lipinski definition) is 1. The molecule has 0 radical (unpaired) electrons. The lowest BCUT2D eigenvalue weighted by molar-refractivity contribution is 0.592. The van der Waals surface area contributed by atoms with Gasteiger partial charge in [0.2, 0.25) is 0 Å². The highest BCUT2D eigenvalue weighted by molar-refractivity contribution is 9.10. The number of rotatable bonds is 4. The van der Waals surface area contributed by atoms with Crippen LogP contribution < -0.4 is 5.32 Å². The molecule has 0 fully saturated rings. The number of benzene rings is 1. The van der Waals surface area contributed by atoms with Crippen molar-refractivity contribution in [2.24, 2.45) is 0 Å². The molecule has 1 N–H and O–H groups in total. The van der Waals surface area contributed by atoms with Gasteiger partial charge in [-0.05, 0) is 47.1 Å². The van der Waals surface area contributed by atoms with Crippen molar-refractivity contribution < 1.29 is 4.39 Å². The molecule has 0 saturated heterocycles. The van der Waals surface area contributed by atoms with E-state index in [1.54, 1.807) is 12.1 Å². The Morgan fingerprint density at radius 2 is 2.36 bits per heavy atom. The minimum absolute atomic E-state index is 0.199. The van der Waals surface area contributed by atoms with Gasteiger partial charge in [-0.1, -0.05) is 12.1 Å². The fraction of sp³-hybridized carbons (Fsp3) is 0.273. The SMILES string of the molecule is C=CCC(NC)c1ccc(F)c(Br)c1. The van der Waals surface area contributed by atoms with Crippen LogP contribution in [0.2, 0.25) is 0 Å². The van der Waals surface area contributed by atoms with Crippen molar-refractivity contribution >= 4 is 15.9 Å². The highest BCUT2D eigenvalue weighted by atomic mass is 79.9. The standard InChI is InChI=1S/C11H13BrFN/c1-3-4-11(14-2)8-5-6-10(13)9(12)7-8/h3,5-7,11,14H,1,4H2,2H3. The largest absolute Gasteiger partial charge is 0.313 e. The first kappa shape index (κ1) is 11.4. The van der Waals surface area contributed by atoms with Gasteiger partial charge in [0.05, 0.1) is 4.47 Å². The van der Waals surface area contributed by atoms with Gasteiger partial charge < -0.3 is 5.32 Å². The lowest BCUT2D eigenvalue weighted by Gasteiger charge is -2.14. The van der Waals surface area contributed by atoms with Crippen LogP contribution in [0.25, 0.3) is 0 Å². The molecule has 1 aromatic rings. The van der Waals surface area contributed by atoms with Crippen LogP contribution in [0.4, 0.5) is 4.39 Å². The van der Waals surface area contributed by atoms with Crippen molar-refractivity contribution in [2.75, 3.05) is 7.05 Å². The molecular formula is C11H13BrFN. The fourth-order valence-corrected chi connectivity index (χ4v) is 1.71. The first-order valence-electron chi connectivity index (χ1n) is 4.42. The van der Waals surface area contributed by atoms with Crippen molar-refractivity contribution in [1.29, 1.82) is 0 Å². The summed E-state index contributed by atoms with van der Waals surface area (Å²) in [6.07, 6.45) is 2.67. The van der Waals surface area contributed by atoms with Crippen LogP contribution in [0.1, 0.15) is 18.0 Å². The Morgan fingerprint density at radius 3 is 2.86 bits per heavy atom. The lowest BCUT2D eigenvalue weighted by Crippen LogP contribution is -2.15. The molecule has 0 heterocycles. The summed E-state index contributed by atoms with van der Waals surface area (Å²) in [4.78, 5) is 0. The molecule has 0 aliphatic rings. The topological polar surface area (TPSA) is 12.0 Å². The molecule has 0 bridgehead atoms. The number of hydrogen-bond donors (Lipinski definition) is 1. The quantitative estimate of drug-likeness (QED) is 0.816. The molecule has 1 atom stereocenters. The van der Waals surface area contributed by atoms with Crippen LogP contribution in [0.5, 0.6) is 0 Å². The van der Waals surface area contributed by atoms with E-state index >= 15 is 0 Å². The van der Waals surface area contributed by atoms with Crippen molar-refractivity contribution in [3.8, 4) is 0 Å². The monoisotopic (exact) mass is 257 g/mol. The van der Waals surface area contributed by atoms with Crippen molar-refractivity contribution in [3.63, 3.8) is 0 Å². The van der Waals surface area contributed by atoms with Crippen molar-refractivity contribution in [2.45, 2.75) is 12.5 Å². The van der Waals surface area contributed by atoms with E-state index in [9.17, 15) is 4.39 Å². The summed E-state index contributed by atoms with van der Waals surface area (Å²) in [7, 11) is 1.88. The molecule has 0 spiro atoms. The third-order valence-corrected chi connectivity index (χ3v) is 2.70. The molecule has 0 aliphatic heterocycles. The van der Waals surface area contributed by atoms with E-state index in [0.717, 1.165) is 12.0 Å². The van der Waals surface area contributed by atoms with Gasteiger partial charge in [-0.2, -0.15) is 0 Å². The molecule has 0 aliphatic carbocycles. The van der Waals surface area contributed by atoms with Crippen LogP contribution in [0.15, 0.2) is 35.3 Å². The fourth-order valence-electron chi connectivity index (χ4n) is 1.32. The molecule has 76 valence electrons. The van der Waals surface area contributed by atoms with Gasteiger partial charge >= 0.3 is 0 Å². The Kier molecular flexibility index (Phi) is 4.29. The van der Waals surface area contributed by atoms with Gasteiger partial charge in [-0.25, -0.2) is 4.39 Å². The van der Waals surface area contributed by atoms with Gasteiger partial charge in [0.15, 0.2) is 0 Å². The molecule has 1 rings (SSSR count). The summed E-state index contributed by atoms with van der Waals surface area (Å²) in [5.74, 6) is -0.234. The summed E-state index contributed by atoms with van der Waals surface area (Å²) in [6, 6.07) is 5.24. The summed E-state index contributed by atoms with van der Waals surface area (Å²) in [5.41, 5.74) is 1.06. The second kappa shape index (κ2) is 5.27. The molecule has 0 amide bonds. The molecular weight excluding hydrogens is 245 g/mol. The van der Waals surface area contributed by atoms with Crippen LogP contribution in [-0.4, -0.2) is 7.05 Å². The van der Waals surface area contributed by atoms with Gasteiger partial charge in [-0.15, -0.1) is 6.58 Å². The summed E-state index contributed by atoms with van der Waals surface area (Å²) >= 11 is 3.17. The first-order valence-corrected chi connectivity index (χ1v) is 5.21. The normalized spacial score (nSPS) is 12.5. The smallest absolute Gasteiger partial charge is 0.137 e. The Balaban J connectivity index is 2.93. The summed E-state index contributed by atoms with van der Waals surface area (Å²) in [5, 5.41) is 3.15. The van der Waals surface area contributed by atoms with Gasteiger partial charge in [0, 0.05) is 6.04 Å². The van der Waals surface area contributed by atoms with Crippen LogP contribution in [-0.2, 0) is 0 Å². The average molecular weight is 258 g/mol. The maximum absolute atomic E-state index is 13.0. The van der Waals surface area contributed by atoms with Crippen LogP contribution in [0, 0.1) is 5.82 Å². The number of halogens is 2. The molecule has 14 heavy (non-hydrogen) atoms. The molecule has 1 aromatic carbocycles. The minimum atomic E-state index is -0.234. The predicted molar refractivity (Wildman–Crippen MR) is 60.7 cm³/mol. The van der Waals surface area contributed by atoms with Crippen LogP contribution >= 0.6 is 15.9 Å². The first-order chi connectivity index (χ1) is 6.69. The Morgan fingerprint density at radius 1 is 1.64 bits per heavy atom. The van der Waals surface area contributed by atoms with Gasteiger partial charge in [-0.3, -0.25) is 0 Å². The zero-order chi connectivity index (χ0) is 10.6. The lowest BCUT2D eigenvalue weighted by atomic mass is 10.0. The highest BCUT2D eigenvalue weighted by Crippen LogP contribution is 2.23. The summed E-state index contributed by atoms with van der Waals surface area (Å²) < 4.78 is 13.5. The molecule has 0 saturated carbocycles. The van der Waals surface area contributed by atoms with E-state index in [0.29, 0.717) is 4.47 Å². The maximum Gasteiger partial charge on any atom is 0.137 e. The van der Waals surface area contributed by atoms with Crippen molar-refractivity contribution in [3.05, 3.63) is 46.7 Å². The molecule has 1 nitrogen and oxygen atoms in total. The highest BCUT2D eigenvalue weighted by Gasteiger charge is 2.08. The molecule has 0 aromatic heterocycles. The molecule has 1 unspecified atom stereocenters. The summed E-state index contributed by atoms with van der Waals surface area (Å²) in [6.45, 7) is 3.69. The average Bonchev–Trinajstić information content (AvgIpc) is 2.19. The Hall–Kier alpha value is -0.670. The van der Waals surface area contributed by atoms with Gasteiger partial charge in [0.25, 0.3) is 0 Å². The van der Waals surface area contributed by atoms with Crippen molar-refractivity contribution in [1.82, 2.24) is 5.32 Å². The maximum atomic E-state index is 13.0. The third kappa shape index (κ3) is 2.66.